The Balaban J connectivity index is 1.53. The number of hydrogen-bond donors (Lipinski definition) is 1. The van der Waals surface area contributed by atoms with Gasteiger partial charge in [0.05, 0.1) is 6.61 Å². The van der Waals surface area contributed by atoms with Gasteiger partial charge in [0.15, 0.2) is 5.96 Å². The van der Waals surface area contributed by atoms with E-state index in [1.54, 1.807) is 18.6 Å². The molecule has 0 unspecified atom stereocenters. The lowest BCUT2D eigenvalue weighted by Crippen LogP contribution is -2.52. The summed E-state index contributed by atoms with van der Waals surface area (Å²) in [6, 6.07) is 5.77. The first-order valence-corrected chi connectivity index (χ1v) is 8.85. The van der Waals surface area contributed by atoms with E-state index in [2.05, 4.69) is 35.1 Å². The van der Waals surface area contributed by atoms with Gasteiger partial charge in [0.25, 0.3) is 0 Å². The molecule has 3 heterocycles. The van der Waals surface area contributed by atoms with Crippen molar-refractivity contribution in [2.75, 3.05) is 44.7 Å². The molecule has 8 nitrogen and oxygen atoms in total. The molecular formula is C18H25N7O. The van der Waals surface area contributed by atoms with Gasteiger partial charge in [-0.25, -0.2) is 15.0 Å². The molecule has 1 aliphatic heterocycles. The molecule has 138 valence electrons. The third-order valence-electron chi connectivity index (χ3n) is 4.17. The van der Waals surface area contributed by atoms with Crippen LogP contribution in [-0.2, 0) is 6.54 Å². The molecular weight excluding hydrogens is 330 g/mol. The maximum Gasteiger partial charge on any atom is 0.225 e. The van der Waals surface area contributed by atoms with Crippen molar-refractivity contribution in [3.05, 3.63) is 42.4 Å². The summed E-state index contributed by atoms with van der Waals surface area (Å²) in [5.41, 5.74) is 1.11. The van der Waals surface area contributed by atoms with Crippen molar-refractivity contribution >= 4 is 11.9 Å². The predicted molar refractivity (Wildman–Crippen MR) is 101 cm³/mol. The number of hydrogen-bond acceptors (Lipinski definition) is 6. The average molecular weight is 355 g/mol. The molecule has 0 amide bonds. The summed E-state index contributed by atoms with van der Waals surface area (Å²) < 4.78 is 5.45. The molecule has 8 heteroatoms. The van der Waals surface area contributed by atoms with Gasteiger partial charge in [-0.05, 0) is 24.6 Å². The number of anilines is 1. The van der Waals surface area contributed by atoms with Gasteiger partial charge in [0, 0.05) is 64.4 Å². The number of piperazine rings is 1. The molecule has 0 bridgehead atoms. The fraction of sp³-hybridized carbons (Fsp3) is 0.444. The van der Waals surface area contributed by atoms with Gasteiger partial charge in [0.1, 0.15) is 0 Å². The SMILES string of the molecule is CCOc1cc(CNC(=NC)N2CCN(c3ncccn3)CC2)ccn1. The van der Waals surface area contributed by atoms with Gasteiger partial charge >= 0.3 is 0 Å². The first-order valence-electron chi connectivity index (χ1n) is 8.85. The Bertz CT molecular complexity index is 714. The van der Waals surface area contributed by atoms with Crippen molar-refractivity contribution in [2.45, 2.75) is 13.5 Å². The Morgan fingerprint density at radius 1 is 1.15 bits per heavy atom. The summed E-state index contributed by atoms with van der Waals surface area (Å²) in [5.74, 6) is 2.34. The van der Waals surface area contributed by atoms with Crippen LogP contribution < -0.4 is 15.0 Å². The molecule has 1 N–H and O–H groups in total. The van der Waals surface area contributed by atoms with Crippen LogP contribution in [0.3, 0.4) is 0 Å². The zero-order valence-electron chi connectivity index (χ0n) is 15.3. The standard InChI is InChI=1S/C18H25N7O/c1-3-26-16-13-15(5-8-20-16)14-23-17(19-2)24-9-11-25(12-10-24)18-21-6-4-7-22-18/h4-8,13H,3,9-12,14H2,1-2H3,(H,19,23). The maximum absolute atomic E-state index is 5.45. The molecule has 0 saturated carbocycles. The molecule has 1 fully saturated rings. The number of rotatable bonds is 5. The predicted octanol–water partition coefficient (Wildman–Crippen LogP) is 1.17. The zero-order chi connectivity index (χ0) is 18.2. The van der Waals surface area contributed by atoms with E-state index in [9.17, 15) is 0 Å². The van der Waals surface area contributed by atoms with Crippen molar-refractivity contribution in [3.8, 4) is 5.88 Å². The average Bonchev–Trinajstić information content (AvgIpc) is 2.70. The highest BCUT2D eigenvalue weighted by Crippen LogP contribution is 2.11. The highest BCUT2D eigenvalue weighted by atomic mass is 16.5. The van der Waals surface area contributed by atoms with Crippen LogP contribution in [0, 0.1) is 0 Å². The van der Waals surface area contributed by atoms with E-state index < -0.39 is 0 Å². The summed E-state index contributed by atoms with van der Waals surface area (Å²) in [6.07, 6.45) is 5.32. The zero-order valence-corrected chi connectivity index (χ0v) is 15.3. The van der Waals surface area contributed by atoms with Crippen LogP contribution in [0.1, 0.15) is 12.5 Å². The van der Waals surface area contributed by atoms with E-state index in [-0.39, 0.29) is 0 Å². The van der Waals surface area contributed by atoms with Gasteiger partial charge in [-0.3, -0.25) is 4.99 Å². The monoisotopic (exact) mass is 355 g/mol. The molecule has 2 aromatic heterocycles. The van der Waals surface area contributed by atoms with Gasteiger partial charge in [-0.15, -0.1) is 0 Å². The van der Waals surface area contributed by atoms with Crippen molar-refractivity contribution in [1.82, 2.24) is 25.2 Å². The highest BCUT2D eigenvalue weighted by molar-refractivity contribution is 5.80. The number of pyridine rings is 1. The van der Waals surface area contributed by atoms with Crippen LogP contribution in [-0.4, -0.2) is 65.6 Å². The summed E-state index contributed by atoms with van der Waals surface area (Å²) in [6.45, 7) is 6.73. The molecule has 3 rings (SSSR count). The Labute approximate surface area is 154 Å². The third-order valence-corrected chi connectivity index (χ3v) is 4.17. The lowest BCUT2D eigenvalue weighted by atomic mass is 10.2. The fourth-order valence-electron chi connectivity index (χ4n) is 2.87. The van der Waals surface area contributed by atoms with E-state index in [4.69, 9.17) is 4.74 Å². The van der Waals surface area contributed by atoms with Gasteiger partial charge < -0.3 is 19.9 Å². The summed E-state index contributed by atoms with van der Waals surface area (Å²) in [5, 5.41) is 3.42. The Morgan fingerprint density at radius 2 is 1.92 bits per heavy atom. The number of aromatic nitrogens is 3. The van der Waals surface area contributed by atoms with Crippen molar-refractivity contribution < 1.29 is 4.74 Å². The van der Waals surface area contributed by atoms with Gasteiger partial charge in [-0.2, -0.15) is 0 Å². The van der Waals surface area contributed by atoms with Crippen LogP contribution in [0.5, 0.6) is 5.88 Å². The molecule has 0 aromatic carbocycles. The van der Waals surface area contributed by atoms with E-state index in [0.29, 0.717) is 19.0 Å². The second kappa shape index (κ2) is 8.98. The quantitative estimate of drug-likeness (QED) is 0.637. The first kappa shape index (κ1) is 17.9. The van der Waals surface area contributed by atoms with E-state index in [1.165, 1.54) is 0 Å². The molecule has 26 heavy (non-hydrogen) atoms. The smallest absolute Gasteiger partial charge is 0.225 e. The maximum atomic E-state index is 5.45. The molecule has 0 atom stereocenters. The Kier molecular flexibility index (Phi) is 6.19. The second-order valence-electron chi connectivity index (χ2n) is 5.86. The van der Waals surface area contributed by atoms with E-state index in [0.717, 1.165) is 43.7 Å². The van der Waals surface area contributed by atoms with Crippen LogP contribution >= 0.6 is 0 Å². The van der Waals surface area contributed by atoms with Crippen molar-refractivity contribution in [1.29, 1.82) is 0 Å². The van der Waals surface area contributed by atoms with Gasteiger partial charge in [0.2, 0.25) is 11.8 Å². The minimum atomic E-state index is 0.612. The molecule has 1 saturated heterocycles. The summed E-state index contributed by atoms with van der Waals surface area (Å²) in [4.78, 5) is 21.7. The van der Waals surface area contributed by atoms with Crippen molar-refractivity contribution in [3.63, 3.8) is 0 Å². The van der Waals surface area contributed by atoms with Gasteiger partial charge in [-0.1, -0.05) is 0 Å². The third kappa shape index (κ3) is 4.59. The van der Waals surface area contributed by atoms with Crippen LogP contribution in [0.2, 0.25) is 0 Å². The lowest BCUT2D eigenvalue weighted by Gasteiger charge is -2.36. The highest BCUT2D eigenvalue weighted by Gasteiger charge is 2.20. The largest absolute Gasteiger partial charge is 0.478 e. The number of nitrogens with zero attached hydrogens (tertiary/aromatic N) is 6. The fourth-order valence-corrected chi connectivity index (χ4v) is 2.87. The molecule has 2 aromatic rings. The second-order valence-corrected chi connectivity index (χ2v) is 5.86. The van der Waals surface area contributed by atoms with E-state index >= 15 is 0 Å². The molecule has 1 aliphatic rings. The number of nitrogens with one attached hydrogen (secondary N) is 1. The number of ether oxygens (including phenoxy) is 1. The Hall–Kier alpha value is -2.90. The minimum Gasteiger partial charge on any atom is -0.478 e. The minimum absolute atomic E-state index is 0.612. The topological polar surface area (TPSA) is 78.8 Å². The lowest BCUT2D eigenvalue weighted by molar-refractivity contribution is 0.326. The summed E-state index contributed by atoms with van der Waals surface area (Å²) >= 11 is 0. The van der Waals surface area contributed by atoms with E-state index in [1.807, 2.05) is 32.2 Å². The molecule has 0 radical (unpaired) electrons. The summed E-state index contributed by atoms with van der Waals surface area (Å²) in [7, 11) is 1.81. The molecule has 0 aliphatic carbocycles. The number of aliphatic imine (C=N–C) groups is 1. The molecule has 0 spiro atoms. The first-order chi connectivity index (χ1) is 12.8. The van der Waals surface area contributed by atoms with Crippen molar-refractivity contribution in [2.24, 2.45) is 4.99 Å². The Morgan fingerprint density at radius 3 is 2.62 bits per heavy atom. The van der Waals surface area contributed by atoms with Crippen LogP contribution in [0.25, 0.3) is 0 Å². The normalized spacial score (nSPS) is 15.1. The van der Waals surface area contributed by atoms with Crippen LogP contribution in [0.15, 0.2) is 41.8 Å². The van der Waals surface area contributed by atoms with Crippen LogP contribution in [0.4, 0.5) is 5.95 Å². The number of guanidine groups is 1.